The molecule has 7 nitrogen and oxygen atoms in total. The van der Waals surface area contributed by atoms with Crippen LogP contribution < -0.4 is 5.32 Å². The fourth-order valence-corrected chi connectivity index (χ4v) is 5.59. The predicted octanol–water partition coefficient (Wildman–Crippen LogP) is 3.71. The van der Waals surface area contributed by atoms with Crippen molar-refractivity contribution in [1.82, 2.24) is 14.1 Å². The van der Waals surface area contributed by atoms with Gasteiger partial charge in [-0.2, -0.15) is 9.40 Å². The van der Waals surface area contributed by atoms with Gasteiger partial charge < -0.3 is 10.4 Å². The quantitative estimate of drug-likeness (QED) is 0.627. The van der Waals surface area contributed by atoms with Crippen LogP contribution >= 0.6 is 0 Å². The molecule has 2 N–H and O–H groups in total. The largest absolute Gasteiger partial charge is 0.393 e. The lowest BCUT2D eigenvalue weighted by atomic mass is 10.1. The van der Waals surface area contributed by atoms with Crippen molar-refractivity contribution in [2.75, 3.05) is 18.4 Å². The lowest BCUT2D eigenvalue weighted by Crippen LogP contribution is -2.39. The molecule has 1 saturated heterocycles. The van der Waals surface area contributed by atoms with E-state index in [1.165, 1.54) is 16.4 Å². The Kier molecular flexibility index (Phi) is 4.99. The van der Waals surface area contributed by atoms with Gasteiger partial charge in [0.1, 0.15) is 5.82 Å². The van der Waals surface area contributed by atoms with E-state index in [4.69, 9.17) is 5.10 Å². The number of fused-ring (bicyclic) bond motifs is 1. The van der Waals surface area contributed by atoms with Crippen LogP contribution in [0.1, 0.15) is 37.3 Å². The Bertz CT molecular complexity index is 1250. The van der Waals surface area contributed by atoms with Crippen molar-refractivity contribution in [2.45, 2.75) is 49.6 Å². The van der Waals surface area contributed by atoms with Crippen LogP contribution in [0.15, 0.2) is 41.3 Å². The smallest absolute Gasteiger partial charge is 0.243 e. The molecule has 1 aliphatic heterocycles. The number of hydrogen-bond donors (Lipinski definition) is 2. The van der Waals surface area contributed by atoms with Gasteiger partial charge in [0.05, 0.1) is 22.6 Å². The molecule has 0 spiro atoms. The first-order valence-electron chi connectivity index (χ1n) is 10.6. The minimum atomic E-state index is -3.67. The minimum Gasteiger partial charge on any atom is -0.393 e. The van der Waals surface area contributed by atoms with Crippen molar-refractivity contribution in [3.63, 3.8) is 0 Å². The number of halogens is 1. The molecule has 1 aromatic heterocycles. The number of aliphatic hydroxyl groups excluding tert-OH is 1. The zero-order valence-corrected chi connectivity index (χ0v) is 18.1. The molecule has 2 fully saturated rings. The molecule has 5 rings (SSSR count). The van der Waals surface area contributed by atoms with E-state index in [0.29, 0.717) is 43.2 Å². The number of aromatic nitrogens is 2. The molecular formula is C22H25FN4O3S. The Morgan fingerprint density at radius 2 is 1.84 bits per heavy atom. The molecule has 164 valence electrons. The highest BCUT2D eigenvalue weighted by molar-refractivity contribution is 7.89. The Labute approximate surface area is 180 Å². The van der Waals surface area contributed by atoms with Crippen molar-refractivity contribution in [1.29, 1.82) is 0 Å². The van der Waals surface area contributed by atoms with Crippen molar-refractivity contribution in [3.8, 4) is 0 Å². The van der Waals surface area contributed by atoms with Crippen LogP contribution in [0.4, 0.5) is 15.9 Å². The highest BCUT2D eigenvalue weighted by Crippen LogP contribution is 2.40. The molecule has 0 bridgehead atoms. The molecule has 2 aromatic carbocycles. The number of hydrogen-bond acceptors (Lipinski definition) is 5. The number of nitrogens with zero attached hydrogens (tertiary/aromatic N) is 3. The number of nitrogens with one attached hydrogen (secondary N) is 1. The topological polar surface area (TPSA) is 87.5 Å². The van der Waals surface area contributed by atoms with E-state index in [2.05, 4.69) is 5.32 Å². The molecule has 0 atom stereocenters. The molecule has 0 radical (unpaired) electrons. The number of anilines is 2. The molecule has 2 heterocycles. The summed E-state index contributed by atoms with van der Waals surface area (Å²) in [5, 5.41) is 18.4. The van der Waals surface area contributed by atoms with E-state index in [-0.39, 0.29) is 10.7 Å². The standard InChI is InChI=1S/C22H25FN4O3S/c1-14-12-15(23)2-6-20(14)24-22-19-13-18(5-7-21(19)27(25-22)16-3-4-16)31(29,30)26-10-8-17(28)9-11-26/h2,5-7,12-13,16-17,28H,3-4,8-11H2,1H3,(H,24,25). The average molecular weight is 445 g/mol. The molecule has 0 amide bonds. The van der Waals surface area contributed by atoms with Crippen LogP contribution in [0, 0.1) is 12.7 Å². The van der Waals surface area contributed by atoms with E-state index in [1.54, 1.807) is 18.2 Å². The van der Waals surface area contributed by atoms with Crippen LogP contribution in [-0.2, 0) is 10.0 Å². The Hall–Kier alpha value is -2.49. The van der Waals surface area contributed by atoms with Crippen LogP contribution in [0.2, 0.25) is 0 Å². The first kappa shape index (κ1) is 20.4. The number of aryl methyl sites for hydroxylation is 1. The maximum atomic E-state index is 13.5. The summed E-state index contributed by atoms with van der Waals surface area (Å²) < 4.78 is 43.3. The molecule has 0 unspecified atom stereocenters. The fraction of sp³-hybridized carbons (Fsp3) is 0.409. The second-order valence-electron chi connectivity index (χ2n) is 8.42. The highest BCUT2D eigenvalue weighted by atomic mass is 32.2. The monoisotopic (exact) mass is 444 g/mol. The third kappa shape index (κ3) is 3.81. The Balaban J connectivity index is 1.56. The zero-order chi connectivity index (χ0) is 21.8. The second-order valence-corrected chi connectivity index (χ2v) is 10.4. The maximum absolute atomic E-state index is 13.5. The predicted molar refractivity (Wildman–Crippen MR) is 116 cm³/mol. The van der Waals surface area contributed by atoms with E-state index in [1.807, 2.05) is 17.7 Å². The zero-order valence-electron chi connectivity index (χ0n) is 17.3. The Morgan fingerprint density at radius 3 is 2.52 bits per heavy atom. The van der Waals surface area contributed by atoms with Gasteiger partial charge in [-0.05, 0) is 74.6 Å². The van der Waals surface area contributed by atoms with Crippen LogP contribution in [0.5, 0.6) is 0 Å². The lowest BCUT2D eigenvalue weighted by molar-refractivity contribution is 0.113. The van der Waals surface area contributed by atoms with E-state index in [9.17, 15) is 17.9 Å². The summed E-state index contributed by atoms with van der Waals surface area (Å²) in [6.45, 7) is 2.43. The number of benzene rings is 2. The lowest BCUT2D eigenvalue weighted by Gasteiger charge is -2.28. The second kappa shape index (κ2) is 7.58. The van der Waals surface area contributed by atoms with Crippen molar-refractivity contribution < 1.29 is 17.9 Å². The van der Waals surface area contributed by atoms with Crippen LogP contribution in [-0.4, -0.2) is 46.8 Å². The van der Waals surface area contributed by atoms with Gasteiger partial charge in [0, 0.05) is 24.2 Å². The van der Waals surface area contributed by atoms with Crippen LogP contribution in [0.25, 0.3) is 10.9 Å². The van der Waals surface area contributed by atoms with Gasteiger partial charge in [0.15, 0.2) is 5.82 Å². The number of sulfonamides is 1. The minimum absolute atomic E-state index is 0.214. The average Bonchev–Trinajstić information content (AvgIpc) is 3.52. The first-order chi connectivity index (χ1) is 14.8. The number of aliphatic hydroxyl groups is 1. The molecule has 2 aliphatic rings. The summed E-state index contributed by atoms with van der Waals surface area (Å²) in [6, 6.07) is 9.93. The fourth-order valence-electron chi connectivity index (χ4n) is 4.10. The van der Waals surface area contributed by atoms with Gasteiger partial charge in [-0.3, -0.25) is 4.68 Å². The summed E-state index contributed by atoms with van der Waals surface area (Å²) in [6.07, 6.45) is 2.53. The molecule has 1 saturated carbocycles. The van der Waals surface area contributed by atoms with Gasteiger partial charge in [0.2, 0.25) is 10.0 Å². The molecule has 31 heavy (non-hydrogen) atoms. The molecule has 3 aromatic rings. The van der Waals surface area contributed by atoms with Gasteiger partial charge in [-0.1, -0.05) is 0 Å². The van der Waals surface area contributed by atoms with E-state index >= 15 is 0 Å². The summed E-state index contributed by atoms with van der Waals surface area (Å²) in [4.78, 5) is 0.214. The van der Waals surface area contributed by atoms with Gasteiger partial charge in [0.25, 0.3) is 0 Å². The van der Waals surface area contributed by atoms with E-state index in [0.717, 1.165) is 29.6 Å². The summed E-state index contributed by atoms with van der Waals surface area (Å²) in [5.41, 5.74) is 2.34. The molecular weight excluding hydrogens is 419 g/mol. The number of rotatable bonds is 5. The third-order valence-electron chi connectivity index (χ3n) is 6.07. The van der Waals surface area contributed by atoms with Crippen LogP contribution in [0.3, 0.4) is 0 Å². The highest BCUT2D eigenvalue weighted by Gasteiger charge is 2.31. The van der Waals surface area contributed by atoms with Gasteiger partial charge in [-0.25, -0.2) is 12.8 Å². The number of piperidine rings is 1. The maximum Gasteiger partial charge on any atom is 0.243 e. The summed E-state index contributed by atoms with van der Waals surface area (Å²) >= 11 is 0. The normalized spacial score (nSPS) is 18.5. The first-order valence-corrected chi connectivity index (χ1v) is 12.0. The van der Waals surface area contributed by atoms with Crippen molar-refractivity contribution in [3.05, 3.63) is 47.8 Å². The van der Waals surface area contributed by atoms with E-state index < -0.39 is 16.1 Å². The van der Waals surface area contributed by atoms with Crippen molar-refractivity contribution >= 4 is 32.4 Å². The molecule has 1 aliphatic carbocycles. The summed E-state index contributed by atoms with van der Waals surface area (Å²) in [7, 11) is -3.67. The SMILES string of the molecule is Cc1cc(F)ccc1Nc1nn(C2CC2)c2ccc(S(=O)(=O)N3CCC(O)CC3)cc12. The van der Waals surface area contributed by atoms with Crippen molar-refractivity contribution in [2.24, 2.45) is 0 Å². The Morgan fingerprint density at radius 1 is 1.10 bits per heavy atom. The van der Waals surface area contributed by atoms with Gasteiger partial charge in [-0.15, -0.1) is 0 Å². The van der Waals surface area contributed by atoms with Gasteiger partial charge >= 0.3 is 0 Å². The molecule has 9 heteroatoms. The third-order valence-corrected chi connectivity index (χ3v) is 7.97. The summed E-state index contributed by atoms with van der Waals surface area (Å²) in [5.74, 6) is 0.249.